The second kappa shape index (κ2) is 7.41. The number of aromatic amines is 1. The fraction of sp³-hybridized carbons (Fsp3) is 0.250. The number of benzene rings is 1. The van der Waals surface area contributed by atoms with Gasteiger partial charge in [0.25, 0.3) is 0 Å². The number of fused-ring (bicyclic) bond motifs is 1. The Morgan fingerprint density at radius 3 is 2.78 bits per heavy atom. The van der Waals surface area contributed by atoms with Crippen LogP contribution in [0.15, 0.2) is 39.4 Å². The minimum Gasteiger partial charge on any atom is -0.462 e. The first-order chi connectivity index (χ1) is 11.0. The number of allylic oxidation sites excluding steroid dienone is 1. The van der Waals surface area contributed by atoms with Crippen molar-refractivity contribution in [1.82, 2.24) is 9.88 Å². The van der Waals surface area contributed by atoms with Crippen molar-refractivity contribution in [2.75, 3.05) is 28.0 Å². The highest BCUT2D eigenvalue weighted by Crippen LogP contribution is 2.31. The quantitative estimate of drug-likeness (QED) is 0.472. The van der Waals surface area contributed by atoms with E-state index in [0.29, 0.717) is 21.5 Å². The van der Waals surface area contributed by atoms with E-state index in [4.69, 9.17) is 4.74 Å². The molecular formula is C16H17BrFN3O2. The third-order valence-electron chi connectivity index (χ3n) is 3.06. The Hall–Kier alpha value is -2.15. The van der Waals surface area contributed by atoms with E-state index in [2.05, 4.69) is 25.9 Å². The Morgan fingerprint density at radius 1 is 1.43 bits per heavy atom. The average molecular weight is 382 g/mol. The third-order valence-corrected chi connectivity index (χ3v) is 3.68. The van der Waals surface area contributed by atoms with E-state index >= 15 is 0 Å². The Kier molecular flexibility index (Phi) is 5.54. The van der Waals surface area contributed by atoms with Crippen molar-refractivity contribution >= 4 is 38.8 Å². The van der Waals surface area contributed by atoms with Crippen molar-refractivity contribution in [3.8, 4) is 5.75 Å². The molecule has 0 unspecified atom stereocenters. The number of rotatable bonds is 6. The van der Waals surface area contributed by atoms with Gasteiger partial charge in [0.2, 0.25) is 12.6 Å². The lowest BCUT2D eigenvalue weighted by Crippen LogP contribution is -2.11. The lowest BCUT2D eigenvalue weighted by molar-refractivity contribution is 0.103. The van der Waals surface area contributed by atoms with Crippen molar-refractivity contribution in [1.29, 1.82) is 0 Å². The van der Waals surface area contributed by atoms with E-state index in [0.717, 1.165) is 10.9 Å². The first-order valence-electron chi connectivity index (χ1n) is 6.82. The molecule has 23 heavy (non-hydrogen) atoms. The van der Waals surface area contributed by atoms with Gasteiger partial charge in [0.1, 0.15) is 5.75 Å². The Morgan fingerprint density at radius 2 is 2.17 bits per heavy atom. The zero-order valence-corrected chi connectivity index (χ0v) is 14.6. The lowest BCUT2D eigenvalue weighted by Gasteiger charge is -2.06. The van der Waals surface area contributed by atoms with Crippen LogP contribution >= 0.6 is 15.9 Å². The fourth-order valence-corrected chi connectivity index (χ4v) is 2.61. The first-order valence-corrected chi connectivity index (χ1v) is 7.61. The molecule has 5 nitrogen and oxygen atoms in total. The van der Waals surface area contributed by atoms with Crippen LogP contribution in [0.25, 0.3) is 10.9 Å². The van der Waals surface area contributed by atoms with Crippen LogP contribution in [0.2, 0.25) is 0 Å². The number of aromatic nitrogens is 1. The van der Waals surface area contributed by atoms with Crippen LogP contribution in [0.1, 0.15) is 10.5 Å². The number of ketones is 1. The number of carbonyl (C=O) groups excluding carboxylic acids is 1. The molecule has 0 atom stereocenters. The summed E-state index contributed by atoms with van der Waals surface area (Å²) in [6.07, 6.45) is 3.22. The lowest BCUT2D eigenvalue weighted by atomic mass is 10.1. The monoisotopic (exact) mass is 381 g/mol. The number of hydrogen-bond acceptors (Lipinski definition) is 4. The molecule has 0 aliphatic carbocycles. The highest BCUT2D eigenvalue weighted by molar-refractivity contribution is 9.10. The summed E-state index contributed by atoms with van der Waals surface area (Å²) < 4.78 is 17.9. The summed E-state index contributed by atoms with van der Waals surface area (Å²) in [6, 6.07) is 5.14. The van der Waals surface area contributed by atoms with Crippen LogP contribution in [0.3, 0.4) is 0 Å². The summed E-state index contributed by atoms with van der Waals surface area (Å²) in [5, 5.41) is 0.762. The van der Waals surface area contributed by atoms with Gasteiger partial charge in [-0.25, -0.2) is 4.39 Å². The molecule has 0 fully saturated rings. The van der Waals surface area contributed by atoms with Gasteiger partial charge in [0.15, 0.2) is 0 Å². The number of aliphatic imine (C=N–C) groups is 1. The highest BCUT2D eigenvalue weighted by Gasteiger charge is 2.15. The second-order valence-electron chi connectivity index (χ2n) is 5.07. The molecule has 7 heteroatoms. The van der Waals surface area contributed by atoms with E-state index in [-0.39, 0.29) is 5.78 Å². The van der Waals surface area contributed by atoms with Gasteiger partial charge in [0.05, 0.1) is 15.7 Å². The SMILES string of the molecule is C/N=C\C(=C/N(C)C)C(=O)c1cc2cc(OCF)c(Br)cc2[nH]1. The van der Waals surface area contributed by atoms with Crippen LogP contribution < -0.4 is 4.74 Å². The Labute approximate surface area is 142 Å². The van der Waals surface area contributed by atoms with Crippen molar-refractivity contribution in [3.63, 3.8) is 0 Å². The van der Waals surface area contributed by atoms with Gasteiger partial charge >= 0.3 is 0 Å². The molecule has 0 amide bonds. The van der Waals surface area contributed by atoms with Gasteiger partial charge in [0, 0.05) is 44.5 Å². The van der Waals surface area contributed by atoms with Crippen molar-refractivity contribution < 1.29 is 13.9 Å². The summed E-state index contributed by atoms with van der Waals surface area (Å²) >= 11 is 3.32. The smallest absolute Gasteiger partial charge is 0.228 e. The number of halogens is 2. The number of nitrogens with zero attached hydrogens (tertiary/aromatic N) is 2. The number of alkyl halides is 1. The van der Waals surface area contributed by atoms with Crippen molar-refractivity contribution in [2.45, 2.75) is 0 Å². The highest BCUT2D eigenvalue weighted by atomic mass is 79.9. The van der Waals surface area contributed by atoms with Gasteiger partial charge in [-0.05, 0) is 34.1 Å². The zero-order valence-electron chi connectivity index (χ0n) is 13.1. The van der Waals surface area contributed by atoms with Crippen LogP contribution in [-0.4, -0.2) is 49.9 Å². The average Bonchev–Trinajstić information content (AvgIpc) is 2.89. The number of H-pyrrole nitrogens is 1. The fourth-order valence-electron chi connectivity index (χ4n) is 2.15. The Balaban J connectivity index is 2.45. The maximum atomic E-state index is 12.6. The van der Waals surface area contributed by atoms with Gasteiger partial charge in [-0.2, -0.15) is 0 Å². The molecule has 1 aromatic heterocycles. The zero-order chi connectivity index (χ0) is 17.0. The summed E-state index contributed by atoms with van der Waals surface area (Å²) in [5.74, 6) is 0.210. The normalized spacial score (nSPS) is 12.1. The van der Waals surface area contributed by atoms with Crippen LogP contribution in [0, 0.1) is 0 Å². The molecule has 2 rings (SSSR count). The molecule has 0 saturated heterocycles. The molecule has 0 spiro atoms. The number of nitrogens with one attached hydrogen (secondary N) is 1. The van der Waals surface area contributed by atoms with E-state index in [1.54, 1.807) is 36.3 Å². The molecule has 0 aliphatic heterocycles. The Bertz CT molecular complexity index is 781. The minimum atomic E-state index is -0.914. The molecule has 0 radical (unpaired) electrons. The number of hydrogen-bond donors (Lipinski definition) is 1. The molecule has 1 N–H and O–H groups in total. The van der Waals surface area contributed by atoms with Gasteiger partial charge in [-0.1, -0.05) is 0 Å². The third kappa shape index (κ3) is 3.98. The molecule has 122 valence electrons. The largest absolute Gasteiger partial charge is 0.462 e. The molecule has 1 aromatic carbocycles. The van der Waals surface area contributed by atoms with E-state index in [9.17, 15) is 9.18 Å². The topological polar surface area (TPSA) is 57.7 Å². The van der Waals surface area contributed by atoms with Crippen molar-refractivity contribution in [3.05, 3.63) is 40.1 Å². The second-order valence-corrected chi connectivity index (χ2v) is 5.93. The van der Waals surface area contributed by atoms with Crippen molar-refractivity contribution in [2.24, 2.45) is 4.99 Å². The predicted octanol–water partition coefficient (Wildman–Crippen LogP) is 3.57. The summed E-state index contributed by atoms with van der Waals surface area (Å²) in [4.78, 5) is 21.4. The van der Waals surface area contributed by atoms with Gasteiger partial charge in [-0.3, -0.25) is 9.79 Å². The van der Waals surface area contributed by atoms with Gasteiger partial charge < -0.3 is 14.6 Å². The van der Waals surface area contributed by atoms with Crippen LogP contribution in [-0.2, 0) is 0 Å². The summed E-state index contributed by atoms with van der Waals surface area (Å²) in [7, 11) is 5.28. The summed E-state index contributed by atoms with van der Waals surface area (Å²) in [5.41, 5.74) is 1.64. The molecule has 1 heterocycles. The van der Waals surface area contributed by atoms with E-state index in [1.165, 1.54) is 6.21 Å². The maximum absolute atomic E-state index is 12.6. The van der Waals surface area contributed by atoms with Crippen LogP contribution in [0.5, 0.6) is 5.75 Å². The molecule has 0 bridgehead atoms. The van der Waals surface area contributed by atoms with E-state index in [1.807, 2.05) is 14.1 Å². The number of Topliss-reactive ketones (excluding diaryl/α,β-unsaturated/α-hetero) is 1. The number of carbonyl (C=O) groups is 1. The van der Waals surface area contributed by atoms with Crippen LogP contribution in [0.4, 0.5) is 4.39 Å². The standard InChI is InChI=1S/C16H17BrFN3O2/c1-19-7-11(8-21(2)3)16(22)14-4-10-5-15(23-9-18)12(17)6-13(10)20-14/h4-8,20H,9H2,1-3H3/b11-8+,19-7-. The van der Waals surface area contributed by atoms with E-state index < -0.39 is 6.86 Å². The first kappa shape index (κ1) is 17.2. The number of ether oxygens (including phenoxy) is 1. The minimum absolute atomic E-state index is 0.176. The molecular weight excluding hydrogens is 365 g/mol. The molecule has 2 aromatic rings. The van der Waals surface area contributed by atoms with Gasteiger partial charge in [-0.15, -0.1) is 0 Å². The molecule has 0 aliphatic rings. The maximum Gasteiger partial charge on any atom is 0.228 e. The summed E-state index contributed by atoms with van der Waals surface area (Å²) in [6.45, 7) is -0.914. The molecule has 0 saturated carbocycles. The predicted molar refractivity (Wildman–Crippen MR) is 93.1 cm³/mol.